The van der Waals surface area contributed by atoms with E-state index in [0.717, 1.165) is 5.03 Å². The zero-order valence-electron chi connectivity index (χ0n) is 6.19. The molecule has 9 heavy (non-hydrogen) atoms. The second kappa shape index (κ2) is 4.50. The minimum Gasteiger partial charge on any atom is -0.383 e. The van der Waals surface area contributed by atoms with Crippen LogP contribution < -0.4 is 5.32 Å². The Bertz CT molecular complexity index is 123. The van der Waals surface area contributed by atoms with Gasteiger partial charge in [-0.2, -0.15) is 0 Å². The summed E-state index contributed by atoms with van der Waals surface area (Å²) in [6, 6.07) is 0. The van der Waals surface area contributed by atoms with Gasteiger partial charge in [0, 0.05) is 7.05 Å². The molecule has 0 radical (unpaired) electrons. The Hall–Kier alpha value is -0.370. The molecule has 0 amide bonds. The fraction of sp³-hybridized carbons (Fsp3) is 0.429. The molecule has 0 heterocycles. The molecule has 52 valence electrons. The lowest BCUT2D eigenvalue weighted by molar-refractivity contribution is 1.09. The van der Waals surface area contributed by atoms with Crippen molar-refractivity contribution in [2.75, 3.05) is 7.05 Å². The lowest BCUT2D eigenvalue weighted by Crippen LogP contribution is -1.98. The molecular formula is C7H13NS. The summed E-state index contributed by atoms with van der Waals surface area (Å²) in [6.07, 6.45) is 0. The van der Waals surface area contributed by atoms with Gasteiger partial charge in [0.15, 0.2) is 0 Å². The Labute approximate surface area is 61.2 Å². The van der Waals surface area contributed by atoms with E-state index in [1.165, 1.54) is 5.57 Å². The molecule has 0 aliphatic heterocycles. The van der Waals surface area contributed by atoms with Gasteiger partial charge in [0.05, 0.1) is 5.03 Å². The van der Waals surface area contributed by atoms with Crippen LogP contribution in [-0.2, 0) is 0 Å². The van der Waals surface area contributed by atoms with Crippen molar-refractivity contribution in [3.8, 4) is 0 Å². The molecule has 0 spiro atoms. The van der Waals surface area contributed by atoms with E-state index in [4.69, 9.17) is 0 Å². The van der Waals surface area contributed by atoms with Crippen LogP contribution in [0.1, 0.15) is 13.8 Å². The minimum absolute atomic E-state index is 0.983. The largest absolute Gasteiger partial charge is 0.383 e. The van der Waals surface area contributed by atoms with Crippen LogP contribution >= 0.6 is 11.8 Å². The molecule has 0 saturated heterocycles. The number of hydrogen-bond acceptors (Lipinski definition) is 2. The first-order valence-corrected chi connectivity index (χ1v) is 3.71. The number of allylic oxidation sites excluding steroid dienone is 1. The van der Waals surface area contributed by atoms with Crippen molar-refractivity contribution in [1.82, 2.24) is 5.32 Å². The van der Waals surface area contributed by atoms with E-state index < -0.39 is 0 Å². The van der Waals surface area contributed by atoms with Crippen LogP contribution in [-0.4, -0.2) is 7.05 Å². The average Bonchev–Trinajstić information content (AvgIpc) is 1.83. The third kappa shape index (κ3) is 5.50. The second-order valence-electron chi connectivity index (χ2n) is 1.99. The summed E-state index contributed by atoms with van der Waals surface area (Å²) in [5.41, 5.74) is 1.30. The highest BCUT2D eigenvalue weighted by Crippen LogP contribution is 2.12. The van der Waals surface area contributed by atoms with E-state index in [1.54, 1.807) is 11.8 Å². The molecule has 1 N–H and O–H groups in total. The summed E-state index contributed by atoms with van der Waals surface area (Å²) in [4.78, 5) is 0. The normalized spacial score (nSPS) is 8.33. The summed E-state index contributed by atoms with van der Waals surface area (Å²) in [6.45, 7) is 7.88. The van der Waals surface area contributed by atoms with Crippen molar-refractivity contribution >= 4 is 11.8 Å². The van der Waals surface area contributed by atoms with Gasteiger partial charge in [-0.05, 0) is 19.3 Å². The Balaban J connectivity index is 3.50. The van der Waals surface area contributed by atoms with E-state index in [9.17, 15) is 0 Å². The molecule has 0 aliphatic rings. The summed E-state index contributed by atoms with van der Waals surface area (Å²) in [7, 11) is 1.87. The first kappa shape index (κ1) is 8.63. The molecule has 1 nitrogen and oxygen atoms in total. The van der Waals surface area contributed by atoms with Crippen LogP contribution in [0.15, 0.2) is 22.6 Å². The van der Waals surface area contributed by atoms with Crippen molar-refractivity contribution in [3.63, 3.8) is 0 Å². The predicted molar refractivity (Wildman–Crippen MR) is 45.2 cm³/mol. The third-order valence-electron chi connectivity index (χ3n) is 0.716. The Morgan fingerprint density at radius 3 is 2.44 bits per heavy atom. The van der Waals surface area contributed by atoms with Crippen LogP contribution in [0.2, 0.25) is 0 Å². The van der Waals surface area contributed by atoms with Crippen LogP contribution in [0.4, 0.5) is 0 Å². The Morgan fingerprint density at radius 1 is 1.56 bits per heavy atom. The second-order valence-corrected chi connectivity index (χ2v) is 2.95. The summed E-state index contributed by atoms with van der Waals surface area (Å²) >= 11 is 1.62. The van der Waals surface area contributed by atoms with Crippen LogP contribution in [0.5, 0.6) is 0 Å². The van der Waals surface area contributed by atoms with Crippen molar-refractivity contribution in [2.24, 2.45) is 0 Å². The Morgan fingerprint density at radius 2 is 2.11 bits per heavy atom. The molecule has 0 saturated carbocycles. The zero-order chi connectivity index (χ0) is 7.28. The monoisotopic (exact) mass is 143 g/mol. The van der Waals surface area contributed by atoms with Crippen LogP contribution in [0.25, 0.3) is 0 Å². The molecule has 0 rings (SSSR count). The highest BCUT2D eigenvalue weighted by molar-refractivity contribution is 8.05. The maximum absolute atomic E-state index is 3.75. The lowest BCUT2D eigenvalue weighted by atomic mass is 10.4. The maximum atomic E-state index is 3.75. The van der Waals surface area contributed by atoms with Gasteiger partial charge >= 0.3 is 0 Å². The molecule has 0 aliphatic carbocycles. The van der Waals surface area contributed by atoms with Gasteiger partial charge in [-0.3, -0.25) is 0 Å². The smallest absolute Gasteiger partial charge is 0.0648 e. The molecule has 0 fully saturated rings. The van der Waals surface area contributed by atoms with Gasteiger partial charge in [-0.25, -0.2) is 0 Å². The minimum atomic E-state index is 0.983. The molecule has 0 aromatic rings. The maximum Gasteiger partial charge on any atom is 0.0648 e. The van der Waals surface area contributed by atoms with Crippen molar-refractivity contribution < 1.29 is 0 Å². The molecule has 0 aromatic carbocycles. The van der Waals surface area contributed by atoms with E-state index >= 15 is 0 Å². The van der Waals surface area contributed by atoms with Crippen molar-refractivity contribution in [3.05, 3.63) is 22.6 Å². The predicted octanol–water partition coefficient (Wildman–Crippen LogP) is 2.33. The van der Waals surface area contributed by atoms with Gasteiger partial charge < -0.3 is 5.32 Å². The molecule has 2 heteroatoms. The standard InChI is InChI=1S/C7H13NS/c1-6(2)5-9-7(3)8-4/h5,8H,3H2,1-2,4H3. The van der Waals surface area contributed by atoms with Gasteiger partial charge in [-0.1, -0.05) is 23.9 Å². The molecule has 0 aromatic heterocycles. The first-order chi connectivity index (χ1) is 4.16. The summed E-state index contributed by atoms with van der Waals surface area (Å²) in [5, 5.41) is 6.00. The Kier molecular flexibility index (Phi) is 4.32. The van der Waals surface area contributed by atoms with E-state index in [2.05, 4.69) is 31.2 Å². The molecule has 0 atom stereocenters. The fourth-order valence-corrected chi connectivity index (χ4v) is 0.744. The summed E-state index contributed by atoms with van der Waals surface area (Å²) < 4.78 is 0. The SMILES string of the molecule is C=C(NC)SC=C(C)C. The topological polar surface area (TPSA) is 12.0 Å². The van der Waals surface area contributed by atoms with Crippen molar-refractivity contribution in [2.45, 2.75) is 13.8 Å². The summed E-state index contributed by atoms with van der Waals surface area (Å²) in [5.74, 6) is 0. The highest BCUT2D eigenvalue weighted by atomic mass is 32.2. The van der Waals surface area contributed by atoms with E-state index in [-0.39, 0.29) is 0 Å². The molecule has 0 bridgehead atoms. The first-order valence-electron chi connectivity index (χ1n) is 2.83. The molecule has 0 unspecified atom stereocenters. The van der Waals surface area contributed by atoms with Crippen LogP contribution in [0.3, 0.4) is 0 Å². The quantitative estimate of drug-likeness (QED) is 0.650. The third-order valence-corrected chi connectivity index (χ3v) is 1.79. The number of rotatable bonds is 3. The van der Waals surface area contributed by atoms with Gasteiger partial charge in [0.25, 0.3) is 0 Å². The highest BCUT2D eigenvalue weighted by Gasteiger charge is 1.83. The zero-order valence-corrected chi connectivity index (χ0v) is 7.01. The van der Waals surface area contributed by atoms with Gasteiger partial charge in [0.1, 0.15) is 0 Å². The molecular weight excluding hydrogens is 130 g/mol. The van der Waals surface area contributed by atoms with E-state index in [1.807, 2.05) is 7.05 Å². The fourth-order valence-electron chi connectivity index (χ4n) is 0.248. The van der Waals surface area contributed by atoms with Gasteiger partial charge in [-0.15, -0.1) is 0 Å². The number of nitrogens with one attached hydrogen (secondary N) is 1. The van der Waals surface area contributed by atoms with Crippen molar-refractivity contribution in [1.29, 1.82) is 0 Å². The average molecular weight is 143 g/mol. The number of thioether (sulfide) groups is 1. The lowest BCUT2D eigenvalue weighted by Gasteiger charge is -1.97. The van der Waals surface area contributed by atoms with Crippen LogP contribution in [0, 0.1) is 0 Å². The van der Waals surface area contributed by atoms with E-state index in [0.29, 0.717) is 0 Å². The number of hydrogen-bond donors (Lipinski definition) is 1. The van der Waals surface area contributed by atoms with Gasteiger partial charge in [0.2, 0.25) is 0 Å².